The first kappa shape index (κ1) is 21.5. The van der Waals surface area contributed by atoms with Crippen molar-refractivity contribution in [2.45, 2.75) is 36.6 Å². The van der Waals surface area contributed by atoms with Gasteiger partial charge >= 0.3 is 19.8 Å². The fourth-order valence-electron chi connectivity index (χ4n) is 2.27. The summed E-state index contributed by atoms with van der Waals surface area (Å²) < 4.78 is 29.7. The van der Waals surface area contributed by atoms with Crippen molar-refractivity contribution in [2.75, 3.05) is 13.2 Å². The summed E-state index contributed by atoms with van der Waals surface area (Å²) in [4.78, 5) is 56.1. The first-order valence-electron chi connectivity index (χ1n) is 7.29. The van der Waals surface area contributed by atoms with Gasteiger partial charge in [-0.05, 0) is 0 Å². The number of rotatable bonds is 8. The molecule has 152 valence electrons. The van der Waals surface area contributed by atoms with Crippen LogP contribution in [0.5, 0.6) is 0 Å². The molecule has 0 aromatic carbocycles. The molecule has 27 heavy (non-hydrogen) atoms. The maximum atomic E-state index is 12.0. The van der Waals surface area contributed by atoms with Crippen LogP contribution in [-0.2, 0) is 42.3 Å². The van der Waals surface area contributed by atoms with Crippen molar-refractivity contribution in [3.63, 3.8) is 0 Å². The van der Waals surface area contributed by atoms with Gasteiger partial charge < -0.3 is 34.8 Å². The molecule has 14 nitrogen and oxygen atoms in total. The number of esters is 2. The Labute approximate surface area is 149 Å². The summed E-state index contributed by atoms with van der Waals surface area (Å²) in [6, 6.07) is 0. The number of hydrogen-bond acceptors (Lipinski definition) is 13. The standard InChI is InChI=1S/C12H15O14P/c13-1-3(15)7-5(17)10(12(20)23-7)26-27(21,22)25-9-6(18)11(19)24-8(9)4(16)2-14/h3-4,7-10,13-16H,1-2H2,(H,21,22)/t3-,4-,7+,8+,9?,10?/m0/s1. The van der Waals surface area contributed by atoms with Crippen LogP contribution in [0.4, 0.5) is 0 Å². The Balaban J connectivity index is 2.13. The smallest absolute Gasteiger partial charge is 0.450 e. The average molecular weight is 414 g/mol. The Morgan fingerprint density at radius 3 is 2.15 bits per heavy atom. The molecule has 5 N–H and O–H groups in total. The van der Waals surface area contributed by atoms with Crippen LogP contribution in [0, 0.1) is 0 Å². The Morgan fingerprint density at radius 2 is 1.59 bits per heavy atom. The van der Waals surface area contributed by atoms with E-state index in [4.69, 9.17) is 10.2 Å². The minimum absolute atomic E-state index is 0.958. The normalized spacial score (nSPS) is 32.8. The number of hydrogen-bond donors (Lipinski definition) is 5. The summed E-state index contributed by atoms with van der Waals surface area (Å²) in [6.45, 7) is -1.95. The number of ketones is 2. The molecule has 2 heterocycles. The van der Waals surface area contributed by atoms with Crippen molar-refractivity contribution in [1.82, 2.24) is 0 Å². The average Bonchev–Trinajstić information content (AvgIpc) is 3.04. The number of aliphatic hydroxyl groups is 4. The fourth-order valence-corrected chi connectivity index (χ4v) is 3.28. The summed E-state index contributed by atoms with van der Waals surface area (Å²) in [5.74, 6) is -5.75. The molecule has 2 saturated heterocycles. The Kier molecular flexibility index (Phi) is 6.44. The maximum Gasteiger partial charge on any atom is 0.474 e. The highest BCUT2D eigenvalue weighted by molar-refractivity contribution is 7.47. The van der Waals surface area contributed by atoms with Gasteiger partial charge in [-0.25, -0.2) is 14.2 Å². The van der Waals surface area contributed by atoms with Crippen LogP contribution in [0.25, 0.3) is 0 Å². The summed E-state index contributed by atoms with van der Waals surface area (Å²) in [5.41, 5.74) is 0. The molecule has 7 atom stereocenters. The zero-order valence-electron chi connectivity index (χ0n) is 13.2. The van der Waals surface area contributed by atoms with E-state index in [2.05, 4.69) is 18.5 Å². The second-order valence-electron chi connectivity index (χ2n) is 5.47. The lowest BCUT2D eigenvalue weighted by Gasteiger charge is -2.22. The second kappa shape index (κ2) is 8.08. The van der Waals surface area contributed by atoms with Crippen LogP contribution >= 0.6 is 7.82 Å². The topological polar surface area (TPSA) is 223 Å². The molecule has 0 aliphatic carbocycles. The first-order valence-corrected chi connectivity index (χ1v) is 8.78. The number of ether oxygens (including phenoxy) is 2. The predicted molar refractivity (Wildman–Crippen MR) is 75.5 cm³/mol. The van der Waals surface area contributed by atoms with Crippen molar-refractivity contribution < 1.29 is 67.6 Å². The first-order chi connectivity index (χ1) is 12.5. The molecule has 2 aliphatic heterocycles. The second-order valence-corrected chi connectivity index (χ2v) is 6.83. The third kappa shape index (κ3) is 4.39. The quantitative estimate of drug-likeness (QED) is 0.109. The molecule has 0 saturated carbocycles. The van der Waals surface area contributed by atoms with Crippen molar-refractivity contribution >= 4 is 31.3 Å². The van der Waals surface area contributed by atoms with Gasteiger partial charge in [0.05, 0.1) is 13.2 Å². The van der Waals surface area contributed by atoms with Crippen molar-refractivity contribution in [2.24, 2.45) is 0 Å². The minimum atomic E-state index is -5.39. The van der Waals surface area contributed by atoms with Gasteiger partial charge in [0, 0.05) is 0 Å². The van der Waals surface area contributed by atoms with Gasteiger partial charge in [0.2, 0.25) is 11.9 Å². The molecular weight excluding hydrogens is 399 g/mol. The van der Waals surface area contributed by atoms with E-state index in [0.29, 0.717) is 0 Å². The van der Waals surface area contributed by atoms with E-state index in [1.165, 1.54) is 0 Å². The fraction of sp³-hybridized carbons (Fsp3) is 0.667. The van der Waals surface area contributed by atoms with E-state index in [1.54, 1.807) is 0 Å². The zero-order chi connectivity index (χ0) is 20.5. The SMILES string of the molecule is O=C1O[C@H]([C@@H](O)CO)C(OP(=O)(O)OC2C(=O)O[C@H]([C@@H](O)CO)C2=O)C1=O. The molecule has 15 heteroatoms. The summed E-state index contributed by atoms with van der Waals surface area (Å²) >= 11 is 0. The van der Waals surface area contributed by atoms with E-state index in [9.17, 15) is 38.8 Å². The molecule has 2 aliphatic rings. The zero-order valence-corrected chi connectivity index (χ0v) is 14.1. The maximum absolute atomic E-state index is 12.0. The van der Waals surface area contributed by atoms with Gasteiger partial charge in [-0.1, -0.05) is 0 Å². The highest BCUT2D eigenvalue weighted by Gasteiger charge is 2.54. The number of aliphatic hydroxyl groups excluding tert-OH is 4. The van der Waals surface area contributed by atoms with Gasteiger partial charge in [-0.3, -0.25) is 18.6 Å². The third-order valence-electron chi connectivity index (χ3n) is 3.59. The summed E-state index contributed by atoms with van der Waals surface area (Å²) in [5, 5.41) is 36.5. The highest BCUT2D eigenvalue weighted by Crippen LogP contribution is 2.48. The molecule has 0 radical (unpaired) electrons. The monoisotopic (exact) mass is 414 g/mol. The molecule has 0 aromatic rings. The Bertz CT molecular complexity index is 690. The van der Waals surface area contributed by atoms with Gasteiger partial charge in [-0.15, -0.1) is 0 Å². The third-order valence-corrected chi connectivity index (χ3v) is 4.56. The van der Waals surface area contributed by atoms with E-state index in [0.717, 1.165) is 0 Å². The highest BCUT2D eigenvalue weighted by atomic mass is 31.2. The van der Waals surface area contributed by atoms with E-state index < -0.39 is 81.2 Å². The molecular formula is C12H15O14P. The largest absolute Gasteiger partial charge is 0.474 e. The van der Waals surface area contributed by atoms with Crippen molar-refractivity contribution in [3.8, 4) is 0 Å². The number of carbonyl (C=O) groups excluding carboxylic acids is 4. The Hall–Kier alpha value is -1.77. The van der Waals surface area contributed by atoms with E-state index in [-0.39, 0.29) is 0 Å². The summed E-state index contributed by atoms with van der Waals surface area (Å²) in [6.07, 6.45) is -11.8. The molecule has 0 amide bonds. The van der Waals surface area contributed by atoms with Crippen LogP contribution in [0.2, 0.25) is 0 Å². The Morgan fingerprint density at radius 1 is 1.00 bits per heavy atom. The minimum Gasteiger partial charge on any atom is -0.450 e. The number of phosphoric acid groups is 1. The predicted octanol–water partition coefficient (Wildman–Crippen LogP) is -4.45. The van der Waals surface area contributed by atoms with Gasteiger partial charge in [0.25, 0.3) is 5.78 Å². The lowest BCUT2D eigenvalue weighted by atomic mass is 10.1. The van der Waals surface area contributed by atoms with Crippen LogP contribution in [0.3, 0.4) is 0 Å². The van der Waals surface area contributed by atoms with E-state index >= 15 is 0 Å². The number of cyclic esters (lactones) is 2. The van der Waals surface area contributed by atoms with Gasteiger partial charge in [-0.2, -0.15) is 0 Å². The van der Waals surface area contributed by atoms with Crippen molar-refractivity contribution in [1.29, 1.82) is 0 Å². The lowest BCUT2D eigenvalue weighted by Crippen LogP contribution is -2.41. The molecule has 0 bridgehead atoms. The van der Waals surface area contributed by atoms with Crippen LogP contribution in [-0.4, -0.2) is 98.7 Å². The molecule has 2 rings (SSSR count). The molecule has 0 spiro atoms. The van der Waals surface area contributed by atoms with Crippen LogP contribution in [0.15, 0.2) is 0 Å². The number of Topliss-reactive ketones (excluding diaryl/α,β-unsaturated/α-hetero) is 2. The molecule has 0 aromatic heterocycles. The lowest BCUT2D eigenvalue weighted by molar-refractivity contribution is -0.152. The van der Waals surface area contributed by atoms with Crippen LogP contribution in [0.1, 0.15) is 0 Å². The van der Waals surface area contributed by atoms with Gasteiger partial charge in [0.1, 0.15) is 12.2 Å². The van der Waals surface area contributed by atoms with Crippen molar-refractivity contribution in [3.05, 3.63) is 0 Å². The molecule has 3 unspecified atom stereocenters. The number of phosphoric ester groups is 1. The number of carbonyl (C=O) groups is 4. The van der Waals surface area contributed by atoms with E-state index in [1.807, 2.05) is 0 Å². The molecule has 2 fully saturated rings. The van der Waals surface area contributed by atoms with Gasteiger partial charge in [0.15, 0.2) is 18.3 Å². The van der Waals surface area contributed by atoms with Crippen LogP contribution < -0.4 is 0 Å². The summed E-state index contributed by atoms with van der Waals surface area (Å²) in [7, 11) is -5.39.